The lowest BCUT2D eigenvalue weighted by atomic mass is 10.1. The molecule has 0 atom stereocenters. The molecule has 0 saturated heterocycles. The first-order valence-electron chi connectivity index (χ1n) is 5.57. The summed E-state index contributed by atoms with van der Waals surface area (Å²) in [6, 6.07) is 13.4. The van der Waals surface area contributed by atoms with E-state index in [1.165, 1.54) is 10.4 Å². The number of rotatable bonds is 2. The summed E-state index contributed by atoms with van der Waals surface area (Å²) in [6.45, 7) is 1.98. The maximum absolute atomic E-state index is 11.0. The lowest BCUT2D eigenvalue weighted by molar-refractivity contribution is 0.102. The van der Waals surface area contributed by atoms with Crippen molar-refractivity contribution in [2.24, 2.45) is 0 Å². The molecular weight excluding hydrogens is 267 g/mol. The number of benzene rings is 2. The van der Waals surface area contributed by atoms with E-state index in [0.717, 1.165) is 10.6 Å². The first kappa shape index (κ1) is 13.1. The fraction of sp³-hybridized carbons (Fsp3) is 0.133. The van der Waals surface area contributed by atoms with Gasteiger partial charge < -0.3 is 0 Å². The molecule has 0 radical (unpaired) electrons. The van der Waals surface area contributed by atoms with Crippen molar-refractivity contribution in [1.29, 1.82) is 0 Å². The molecule has 0 heterocycles. The second kappa shape index (κ2) is 5.55. The van der Waals surface area contributed by atoms with Gasteiger partial charge in [0.15, 0.2) is 5.78 Å². The minimum Gasteiger partial charge on any atom is -0.293 e. The molecule has 0 fully saturated rings. The zero-order chi connectivity index (χ0) is 13.1. The highest BCUT2D eigenvalue weighted by molar-refractivity contribution is 6.31. The van der Waals surface area contributed by atoms with Crippen molar-refractivity contribution >= 4 is 29.0 Å². The molecule has 0 spiro atoms. The van der Waals surface area contributed by atoms with Gasteiger partial charge in [-0.2, -0.15) is 0 Å². The summed E-state index contributed by atoms with van der Waals surface area (Å²) in [6.07, 6.45) is 0. The molecular formula is C15H12Cl2O. The van der Waals surface area contributed by atoms with Crippen LogP contribution in [0.3, 0.4) is 0 Å². The van der Waals surface area contributed by atoms with Gasteiger partial charge in [-0.3, -0.25) is 4.79 Å². The second-order valence-corrected chi connectivity index (χ2v) is 4.79. The van der Waals surface area contributed by atoms with E-state index in [-0.39, 0.29) is 11.7 Å². The molecule has 1 aromatic carbocycles. The van der Waals surface area contributed by atoms with Crippen LogP contribution in [-0.4, -0.2) is 11.7 Å². The first-order valence-corrected chi connectivity index (χ1v) is 6.49. The highest BCUT2D eigenvalue weighted by atomic mass is 35.5. The molecule has 0 aliphatic heterocycles. The maximum Gasteiger partial charge on any atom is 0.177 e. The van der Waals surface area contributed by atoms with Crippen LogP contribution in [0.4, 0.5) is 0 Å². The molecule has 1 aromatic rings. The Morgan fingerprint density at radius 2 is 1.78 bits per heavy atom. The fourth-order valence-corrected chi connectivity index (χ4v) is 2.00. The van der Waals surface area contributed by atoms with Crippen molar-refractivity contribution < 1.29 is 4.79 Å². The molecule has 0 amide bonds. The molecule has 3 heteroatoms. The van der Waals surface area contributed by atoms with Crippen LogP contribution >= 0.6 is 23.2 Å². The number of carbonyl (C=O) groups excluding carboxylic acids is 1. The van der Waals surface area contributed by atoms with E-state index in [2.05, 4.69) is 6.07 Å². The largest absolute Gasteiger partial charge is 0.293 e. The van der Waals surface area contributed by atoms with Crippen molar-refractivity contribution in [3.8, 4) is 0 Å². The quantitative estimate of drug-likeness (QED) is 0.503. The number of halogens is 2. The summed E-state index contributed by atoms with van der Waals surface area (Å²) in [5.74, 6) is 0.0370. The van der Waals surface area contributed by atoms with Crippen molar-refractivity contribution in [3.63, 3.8) is 0 Å². The number of Topliss-reactive ketones (excluding diaryl/α,β-unsaturated/α-hetero) is 1. The summed E-state index contributed by atoms with van der Waals surface area (Å²) in [7, 11) is 0. The molecule has 2 aliphatic rings. The van der Waals surface area contributed by atoms with Crippen LogP contribution in [0, 0.1) is 17.4 Å². The van der Waals surface area contributed by atoms with Gasteiger partial charge in [-0.1, -0.05) is 53.6 Å². The van der Waals surface area contributed by atoms with Gasteiger partial charge in [0.1, 0.15) is 0 Å². The highest BCUT2D eigenvalue weighted by Crippen LogP contribution is 2.20. The molecule has 0 bridgehead atoms. The van der Waals surface area contributed by atoms with Crippen LogP contribution in [0.1, 0.15) is 15.9 Å². The predicted octanol–water partition coefficient (Wildman–Crippen LogP) is 4.36. The Kier molecular flexibility index (Phi) is 4.05. The lowest BCUT2D eigenvalue weighted by Crippen LogP contribution is -1.99. The summed E-state index contributed by atoms with van der Waals surface area (Å²) in [5.41, 5.74) is 1.83. The van der Waals surface area contributed by atoms with Crippen LogP contribution < -0.4 is 0 Å². The van der Waals surface area contributed by atoms with Gasteiger partial charge >= 0.3 is 0 Å². The minimum absolute atomic E-state index is 0.0216. The van der Waals surface area contributed by atoms with E-state index in [0.29, 0.717) is 5.56 Å². The van der Waals surface area contributed by atoms with E-state index >= 15 is 0 Å². The van der Waals surface area contributed by atoms with Gasteiger partial charge in [0.05, 0.1) is 5.88 Å². The fourth-order valence-electron chi connectivity index (χ4n) is 1.56. The molecule has 18 heavy (non-hydrogen) atoms. The Morgan fingerprint density at radius 3 is 2.06 bits per heavy atom. The summed E-state index contributed by atoms with van der Waals surface area (Å²) < 4.78 is 0. The Morgan fingerprint density at radius 1 is 1.11 bits per heavy atom. The Hall–Kier alpha value is -1.31. The van der Waals surface area contributed by atoms with Gasteiger partial charge in [-0.25, -0.2) is 0 Å². The van der Waals surface area contributed by atoms with E-state index < -0.39 is 0 Å². The van der Waals surface area contributed by atoms with Crippen molar-refractivity contribution in [1.82, 2.24) is 0 Å². The third-order valence-electron chi connectivity index (χ3n) is 2.78. The molecule has 3 rings (SSSR count). The standard InChI is InChI=1S/C9H9ClO.C6H3Cl/c1-7-2-4-8(5-3-7)9(11)6-10;7-6-3-4-1-2-5(4)6/h2-5H,6H2,1H3;1-3H. The van der Waals surface area contributed by atoms with Crippen LogP contribution in [0.2, 0.25) is 5.02 Å². The average Bonchev–Trinajstić information content (AvgIpc) is 2.36. The van der Waals surface area contributed by atoms with Crippen LogP contribution in [0.15, 0.2) is 42.5 Å². The zero-order valence-corrected chi connectivity index (χ0v) is 11.4. The summed E-state index contributed by atoms with van der Waals surface area (Å²) in [4.78, 5) is 11.0. The highest BCUT2D eigenvalue weighted by Gasteiger charge is 2.01. The van der Waals surface area contributed by atoms with E-state index in [1.807, 2.05) is 31.2 Å². The van der Waals surface area contributed by atoms with Crippen LogP contribution in [0.5, 0.6) is 0 Å². The van der Waals surface area contributed by atoms with Crippen LogP contribution in [0.25, 0.3) is 0 Å². The number of ketones is 1. The van der Waals surface area contributed by atoms with Gasteiger partial charge in [0.25, 0.3) is 0 Å². The Bertz CT molecular complexity index is 660. The Labute approximate surface area is 116 Å². The SMILES string of the molecule is Cc1ccc(C(=O)CCl)cc1.Clc1cc2ccc1=2. The Balaban J connectivity index is 0.000000146. The number of carbonyl (C=O) groups is 1. The molecule has 92 valence electrons. The van der Waals surface area contributed by atoms with Gasteiger partial charge in [-0.15, -0.1) is 11.6 Å². The van der Waals surface area contributed by atoms with Gasteiger partial charge in [0, 0.05) is 15.8 Å². The maximum atomic E-state index is 11.0. The molecule has 0 saturated carbocycles. The smallest absolute Gasteiger partial charge is 0.177 e. The van der Waals surface area contributed by atoms with Crippen LogP contribution in [-0.2, 0) is 0 Å². The zero-order valence-electron chi connectivity index (χ0n) is 9.91. The third kappa shape index (κ3) is 2.74. The van der Waals surface area contributed by atoms with Crippen molar-refractivity contribution in [2.75, 3.05) is 5.88 Å². The summed E-state index contributed by atoms with van der Waals surface area (Å²) in [5, 5.41) is 3.46. The topological polar surface area (TPSA) is 17.1 Å². The van der Waals surface area contributed by atoms with Crippen molar-refractivity contribution in [2.45, 2.75) is 6.92 Å². The first-order chi connectivity index (χ1) is 8.61. The van der Waals surface area contributed by atoms with E-state index in [4.69, 9.17) is 23.2 Å². The third-order valence-corrected chi connectivity index (χ3v) is 3.33. The molecule has 2 aliphatic carbocycles. The lowest BCUT2D eigenvalue weighted by Gasteiger charge is -2.01. The molecule has 0 unspecified atom stereocenters. The normalized spacial score (nSPS) is 10.4. The van der Waals surface area contributed by atoms with Crippen molar-refractivity contribution in [3.05, 3.63) is 69.1 Å². The van der Waals surface area contributed by atoms with E-state index in [9.17, 15) is 4.79 Å². The minimum atomic E-state index is -0.0216. The number of hydrogen-bond donors (Lipinski definition) is 0. The molecule has 1 nitrogen and oxygen atoms in total. The molecule has 0 N–H and O–H groups in total. The number of hydrogen-bond acceptors (Lipinski definition) is 1. The van der Waals surface area contributed by atoms with E-state index in [1.54, 1.807) is 12.1 Å². The average molecular weight is 279 g/mol. The predicted molar refractivity (Wildman–Crippen MR) is 75.4 cm³/mol. The second-order valence-electron chi connectivity index (χ2n) is 4.12. The summed E-state index contributed by atoms with van der Waals surface area (Å²) >= 11 is 11.0. The number of alkyl halides is 1. The van der Waals surface area contributed by atoms with Gasteiger partial charge in [-0.05, 0) is 18.2 Å². The molecule has 0 aromatic heterocycles. The monoisotopic (exact) mass is 278 g/mol. The number of aryl methyl sites for hydroxylation is 1. The van der Waals surface area contributed by atoms with Gasteiger partial charge in [0.2, 0.25) is 0 Å².